The molecule has 3 heterocycles. The molecule has 0 aliphatic carbocycles. The van der Waals surface area contributed by atoms with Crippen molar-refractivity contribution in [2.24, 2.45) is 0 Å². The number of aryl methyl sites for hydroxylation is 1. The minimum atomic E-state index is -0.560. The Balaban J connectivity index is 1.47. The Bertz CT molecular complexity index is 776. The van der Waals surface area contributed by atoms with Crippen LogP contribution in [0.2, 0.25) is 0 Å². The summed E-state index contributed by atoms with van der Waals surface area (Å²) >= 11 is 0. The Morgan fingerprint density at radius 2 is 2.12 bits per heavy atom. The van der Waals surface area contributed by atoms with Gasteiger partial charge in [-0.05, 0) is 38.3 Å². The van der Waals surface area contributed by atoms with E-state index in [0.717, 1.165) is 32.4 Å². The van der Waals surface area contributed by atoms with E-state index in [0.29, 0.717) is 18.8 Å². The van der Waals surface area contributed by atoms with Gasteiger partial charge in [-0.1, -0.05) is 35.5 Å². The largest absolute Gasteiger partial charge is 0.389 e. The molecule has 2 fully saturated rings. The summed E-state index contributed by atoms with van der Waals surface area (Å²) in [5, 5.41) is 14.8. The second kappa shape index (κ2) is 6.85. The Morgan fingerprint density at radius 3 is 2.81 bits per heavy atom. The van der Waals surface area contributed by atoms with Gasteiger partial charge in [0, 0.05) is 25.7 Å². The molecule has 26 heavy (non-hydrogen) atoms. The molecule has 1 amide bonds. The average molecular weight is 355 g/mol. The average Bonchev–Trinajstić information content (AvgIpc) is 3.25. The number of β-amino-alcohol motifs (C(OH)–C–C–N with tert-alkyl or cyclic N) is 1. The first-order valence-corrected chi connectivity index (χ1v) is 9.28. The molecule has 6 heteroatoms. The van der Waals surface area contributed by atoms with Gasteiger partial charge in [-0.15, -0.1) is 0 Å². The highest BCUT2D eigenvalue weighted by atomic mass is 16.5. The van der Waals surface area contributed by atoms with Gasteiger partial charge in [-0.3, -0.25) is 9.69 Å². The van der Waals surface area contributed by atoms with Gasteiger partial charge in [0.1, 0.15) is 0 Å². The van der Waals surface area contributed by atoms with Gasteiger partial charge in [0.2, 0.25) is 5.76 Å². The number of hydrogen-bond acceptors (Lipinski definition) is 5. The molecule has 0 unspecified atom stereocenters. The van der Waals surface area contributed by atoms with Crippen molar-refractivity contribution in [3.8, 4) is 0 Å². The van der Waals surface area contributed by atoms with Gasteiger partial charge in [-0.25, -0.2) is 0 Å². The molecular weight excluding hydrogens is 330 g/mol. The molecule has 2 aliphatic rings. The summed E-state index contributed by atoms with van der Waals surface area (Å²) in [6.45, 7) is 4.58. The van der Waals surface area contributed by atoms with Crippen molar-refractivity contribution in [2.75, 3.05) is 19.6 Å². The number of aliphatic hydroxyl groups is 1. The monoisotopic (exact) mass is 355 g/mol. The van der Waals surface area contributed by atoms with Crippen molar-refractivity contribution < 1.29 is 14.4 Å². The molecule has 0 saturated carbocycles. The van der Waals surface area contributed by atoms with Crippen LogP contribution < -0.4 is 0 Å². The maximum absolute atomic E-state index is 12.6. The SMILES string of the molecule is Cc1cc(C(=O)N2CC[C@@]3(CCCN3Cc3ccccc3)[C@@H](O)C2)on1. The third kappa shape index (κ3) is 3.04. The fourth-order valence-electron chi connectivity index (χ4n) is 4.43. The van der Waals surface area contributed by atoms with Crippen molar-refractivity contribution in [3.05, 3.63) is 53.4 Å². The number of rotatable bonds is 3. The number of amides is 1. The number of hydrogen-bond donors (Lipinski definition) is 1. The van der Waals surface area contributed by atoms with Crippen LogP contribution in [0.5, 0.6) is 0 Å². The number of carbonyl (C=O) groups is 1. The van der Waals surface area contributed by atoms with Crippen LogP contribution in [-0.4, -0.2) is 57.2 Å². The standard InChI is InChI=1S/C20H25N3O3/c1-15-12-17(26-21-15)19(25)22-11-9-20(18(24)14-22)8-5-10-23(20)13-16-6-3-2-4-7-16/h2-4,6-7,12,18,24H,5,8-11,13-14H2,1H3/t18-,20-/m0/s1. The first kappa shape index (κ1) is 17.2. The lowest BCUT2D eigenvalue weighted by atomic mass is 9.82. The predicted octanol–water partition coefficient (Wildman–Crippen LogP) is 2.22. The van der Waals surface area contributed by atoms with Crippen molar-refractivity contribution in [1.82, 2.24) is 15.0 Å². The quantitative estimate of drug-likeness (QED) is 0.914. The Hall–Kier alpha value is -2.18. The lowest BCUT2D eigenvalue weighted by Crippen LogP contribution is -2.62. The summed E-state index contributed by atoms with van der Waals surface area (Å²) in [6, 6.07) is 12.0. The minimum absolute atomic E-state index is 0.188. The second-order valence-electron chi connectivity index (χ2n) is 7.46. The molecule has 2 aromatic rings. The Labute approximate surface area is 153 Å². The van der Waals surface area contributed by atoms with Gasteiger partial charge in [0.05, 0.1) is 17.3 Å². The number of likely N-dealkylation sites (tertiary alicyclic amines) is 2. The predicted molar refractivity (Wildman–Crippen MR) is 96.6 cm³/mol. The summed E-state index contributed by atoms with van der Waals surface area (Å²) in [5.41, 5.74) is 1.72. The maximum atomic E-state index is 12.6. The van der Waals surface area contributed by atoms with Crippen molar-refractivity contribution >= 4 is 5.91 Å². The molecule has 138 valence electrons. The van der Waals surface area contributed by atoms with Crippen LogP contribution in [0.4, 0.5) is 0 Å². The van der Waals surface area contributed by atoms with Crippen LogP contribution >= 0.6 is 0 Å². The summed E-state index contributed by atoms with van der Waals surface area (Å²) in [5.74, 6) is 0.0605. The lowest BCUT2D eigenvalue weighted by molar-refractivity contribution is -0.0602. The van der Waals surface area contributed by atoms with Crippen molar-refractivity contribution in [1.29, 1.82) is 0 Å². The van der Waals surface area contributed by atoms with Crippen LogP contribution in [0.15, 0.2) is 40.9 Å². The molecular formula is C20H25N3O3. The molecule has 6 nitrogen and oxygen atoms in total. The topological polar surface area (TPSA) is 69.8 Å². The van der Waals surface area contributed by atoms with E-state index in [1.54, 1.807) is 17.9 Å². The highest BCUT2D eigenvalue weighted by molar-refractivity contribution is 5.91. The summed E-state index contributed by atoms with van der Waals surface area (Å²) < 4.78 is 5.10. The van der Waals surface area contributed by atoms with Gasteiger partial charge in [-0.2, -0.15) is 0 Å². The van der Waals surface area contributed by atoms with E-state index in [1.807, 2.05) is 6.07 Å². The van der Waals surface area contributed by atoms with Gasteiger partial charge in [0.25, 0.3) is 5.91 Å². The van der Waals surface area contributed by atoms with E-state index in [1.165, 1.54) is 5.56 Å². The molecule has 2 aliphatic heterocycles. The Kier molecular flexibility index (Phi) is 4.54. The fraction of sp³-hybridized carbons (Fsp3) is 0.500. The van der Waals surface area contributed by atoms with Crippen LogP contribution in [0.25, 0.3) is 0 Å². The zero-order valence-corrected chi connectivity index (χ0v) is 15.1. The molecule has 4 rings (SSSR count). The highest BCUT2D eigenvalue weighted by Gasteiger charge is 2.50. The van der Waals surface area contributed by atoms with Crippen molar-refractivity contribution in [3.63, 3.8) is 0 Å². The van der Waals surface area contributed by atoms with E-state index in [9.17, 15) is 9.90 Å². The molecule has 1 aromatic heterocycles. The minimum Gasteiger partial charge on any atom is -0.389 e. The van der Waals surface area contributed by atoms with Crippen LogP contribution in [0.1, 0.15) is 41.1 Å². The van der Waals surface area contributed by atoms with Crippen molar-refractivity contribution in [2.45, 2.75) is 44.4 Å². The Morgan fingerprint density at radius 1 is 1.31 bits per heavy atom. The first-order chi connectivity index (χ1) is 12.6. The first-order valence-electron chi connectivity index (χ1n) is 9.28. The lowest BCUT2D eigenvalue weighted by Gasteiger charge is -2.48. The normalized spacial score (nSPS) is 26.5. The summed E-state index contributed by atoms with van der Waals surface area (Å²) in [7, 11) is 0. The summed E-state index contributed by atoms with van der Waals surface area (Å²) in [6.07, 6.45) is 2.28. The number of nitrogens with zero attached hydrogens (tertiary/aromatic N) is 3. The van der Waals surface area contributed by atoms with Gasteiger partial charge < -0.3 is 14.5 Å². The fourth-order valence-corrected chi connectivity index (χ4v) is 4.43. The number of aromatic nitrogens is 1. The molecule has 0 bridgehead atoms. The van der Waals surface area contributed by atoms with E-state index in [-0.39, 0.29) is 17.2 Å². The van der Waals surface area contributed by atoms with Crippen LogP contribution in [0, 0.1) is 6.92 Å². The molecule has 2 atom stereocenters. The molecule has 2 saturated heterocycles. The third-order valence-corrected chi connectivity index (χ3v) is 5.84. The molecule has 1 spiro atoms. The van der Waals surface area contributed by atoms with E-state index in [4.69, 9.17) is 4.52 Å². The van der Waals surface area contributed by atoms with E-state index < -0.39 is 6.10 Å². The molecule has 0 radical (unpaired) electrons. The highest BCUT2D eigenvalue weighted by Crippen LogP contribution is 2.39. The molecule has 1 N–H and O–H groups in total. The van der Waals surface area contributed by atoms with Gasteiger partial charge in [0.15, 0.2) is 0 Å². The number of benzene rings is 1. The zero-order chi connectivity index (χ0) is 18.1. The molecule has 1 aromatic carbocycles. The zero-order valence-electron chi connectivity index (χ0n) is 15.1. The third-order valence-electron chi connectivity index (χ3n) is 5.84. The van der Waals surface area contributed by atoms with Crippen LogP contribution in [-0.2, 0) is 6.54 Å². The summed E-state index contributed by atoms with van der Waals surface area (Å²) in [4.78, 5) is 16.7. The number of piperidine rings is 1. The number of aliphatic hydroxyl groups excluding tert-OH is 1. The maximum Gasteiger partial charge on any atom is 0.292 e. The van der Waals surface area contributed by atoms with E-state index in [2.05, 4.69) is 34.3 Å². The van der Waals surface area contributed by atoms with Gasteiger partial charge >= 0.3 is 0 Å². The van der Waals surface area contributed by atoms with E-state index >= 15 is 0 Å². The smallest absolute Gasteiger partial charge is 0.292 e. The second-order valence-corrected chi connectivity index (χ2v) is 7.46. The number of carbonyl (C=O) groups excluding carboxylic acids is 1. The van der Waals surface area contributed by atoms with Crippen LogP contribution in [0.3, 0.4) is 0 Å².